The third-order valence-electron chi connectivity index (χ3n) is 6.19. The van der Waals surface area contributed by atoms with Crippen LogP contribution in [0.5, 0.6) is 0 Å². The van der Waals surface area contributed by atoms with E-state index in [1.54, 1.807) is 0 Å². The van der Waals surface area contributed by atoms with E-state index in [0.717, 1.165) is 47.9 Å². The van der Waals surface area contributed by atoms with Gasteiger partial charge in [-0.15, -0.1) is 0 Å². The third kappa shape index (κ3) is 3.61. The summed E-state index contributed by atoms with van der Waals surface area (Å²) in [5.74, 6) is 1.79. The standard InChI is InChI=1S/C24H24N4O2/c29-22-13-18(17-5-1-2-6-19(17)26-22)24(30)25-14-15-9-11-16(12-10-15)23-27-20-7-3-4-8-21(20)28-23/h1-8,13,15-16H,9-12,14H2,(H,25,30)(H,26,29)(H,27,28). The first-order valence-corrected chi connectivity index (χ1v) is 10.5. The van der Waals surface area contributed by atoms with Crippen LogP contribution in [0.3, 0.4) is 0 Å². The molecule has 5 rings (SSSR count). The van der Waals surface area contributed by atoms with Crippen molar-refractivity contribution in [2.75, 3.05) is 6.54 Å². The summed E-state index contributed by atoms with van der Waals surface area (Å²) in [6, 6.07) is 16.9. The lowest BCUT2D eigenvalue weighted by Crippen LogP contribution is -2.32. The molecule has 0 unspecified atom stereocenters. The molecule has 0 radical (unpaired) electrons. The van der Waals surface area contributed by atoms with Gasteiger partial charge in [0.2, 0.25) is 5.56 Å². The van der Waals surface area contributed by atoms with Crippen LogP contribution in [0.25, 0.3) is 21.9 Å². The van der Waals surface area contributed by atoms with Gasteiger partial charge >= 0.3 is 0 Å². The van der Waals surface area contributed by atoms with Gasteiger partial charge in [0.05, 0.1) is 16.6 Å². The van der Waals surface area contributed by atoms with E-state index in [9.17, 15) is 9.59 Å². The van der Waals surface area contributed by atoms with Crippen molar-refractivity contribution in [2.24, 2.45) is 5.92 Å². The van der Waals surface area contributed by atoms with E-state index in [1.807, 2.05) is 42.5 Å². The Morgan fingerprint density at radius 3 is 2.50 bits per heavy atom. The van der Waals surface area contributed by atoms with Crippen LogP contribution in [0.15, 0.2) is 59.4 Å². The number of rotatable bonds is 4. The number of pyridine rings is 1. The minimum atomic E-state index is -0.259. The average molecular weight is 400 g/mol. The fourth-order valence-corrected chi connectivity index (χ4v) is 4.53. The van der Waals surface area contributed by atoms with Crippen molar-refractivity contribution in [3.63, 3.8) is 0 Å². The van der Waals surface area contributed by atoms with Crippen molar-refractivity contribution >= 4 is 27.8 Å². The van der Waals surface area contributed by atoms with Gasteiger partial charge in [0.15, 0.2) is 0 Å². The SMILES string of the molecule is O=C(NCC1CCC(c2nc3ccccc3[nH]2)CC1)c1cc(=O)[nH]c2ccccc12. The van der Waals surface area contributed by atoms with Gasteiger partial charge in [-0.1, -0.05) is 30.3 Å². The second kappa shape index (κ2) is 7.78. The molecule has 0 spiro atoms. The summed E-state index contributed by atoms with van der Waals surface area (Å²) in [5, 5.41) is 3.82. The number of para-hydroxylation sites is 3. The molecular weight excluding hydrogens is 376 g/mol. The molecule has 1 amide bonds. The second-order valence-electron chi connectivity index (χ2n) is 8.16. The highest BCUT2D eigenvalue weighted by molar-refractivity contribution is 6.05. The van der Waals surface area contributed by atoms with Crippen LogP contribution in [0.1, 0.15) is 47.8 Å². The molecule has 1 fully saturated rings. The highest BCUT2D eigenvalue weighted by atomic mass is 16.2. The van der Waals surface area contributed by atoms with Gasteiger partial charge < -0.3 is 15.3 Å². The second-order valence-corrected chi connectivity index (χ2v) is 8.16. The smallest absolute Gasteiger partial charge is 0.252 e. The fraction of sp³-hybridized carbons (Fsp3) is 0.292. The Morgan fingerprint density at radius 1 is 0.967 bits per heavy atom. The number of amides is 1. The zero-order chi connectivity index (χ0) is 20.5. The lowest BCUT2D eigenvalue weighted by molar-refractivity contribution is 0.0944. The number of hydrogen-bond acceptors (Lipinski definition) is 3. The fourth-order valence-electron chi connectivity index (χ4n) is 4.53. The van der Waals surface area contributed by atoms with Gasteiger partial charge in [-0.05, 0) is 49.8 Å². The molecule has 1 saturated carbocycles. The van der Waals surface area contributed by atoms with E-state index in [4.69, 9.17) is 4.98 Å². The Morgan fingerprint density at radius 2 is 1.70 bits per heavy atom. The van der Waals surface area contributed by atoms with E-state index in [0.29, 0.717) is 29.5 Å². The summed E-state index contributed by atoms with van der Waals surface area (Å²) in [7, 11) is 0. The van der Waals surface area contributed by atoms with Crippen LogP contribution in [-0.4, -0.2) is 27.4 Å². The van der Waals surface area contributed by atoms with Crippen molar-refractivity contribution in [2.45, 2.75) is 31.6 Å². The summed E-state index contributed by atoms with van der Waals surface area (Å²) in [6.45, 7) is 0.632. The van der Waals surface area contributed by atoms with Crippen LogP contribution in [0.2, 0.25) is 0 Å². The van der Waals surface area contributed by atoms with Gasteiger partial charge in [-0.25, -0.2) is 4.98 Å². The molecular formula is C24H24N4O2. The number of aromatic nitrogens is 3. The summed E-state index contributed by atoms with van der Waals surface area (Å²) < 4.78 is 0. The van der Waals surface area contributed by atoms with Crippen LogP contribution < -0.4 is 10.9 Å². The number of nitrogens with zero attached hydrogens (tertiary/aromatic N) is 1. The Balaban J connectivity index is 1.21. The summed E-state index contributed by atoms with van der Waals surface area (Å²) >= 11 is 0. The first-order valence-electron chi connectivity index (χ1n) is 10.5. The first-order chi connectivity index (χ1) is 14.7. The van der Waals surface area contributed by atoms with Gasteiger partial charge in [-0.2, -0.15) is 0 Å². The monoisotopic (exact) mass is 400 g/mol. The zero-order valence-corrected chi connectivity index (χ0v) is 16.7. The topological polar surface area (TPSA) is 90.6 Å². The van der Waals surface area contributed by atoms with Crippen molar-refractivity contribution in [3.05, 3.63) is 76.3 Å². The molecule has 2 aromatic carbocycles. The van der Waals surface area contributed by atoms with Crippen molar-refractivity contribution in [1.82, 2.24) is 20.3 Å². The molecule has 2 aromatic heterocycles. The quantitative estimate of drug-likeness (QED) is 0.481. The van der Waals surface area contributed by atoms with Crippen LogP contribution in [0.4, 0.5) is 0 Å². The van der Waals surface area contributed by atoms with E-state index in [-0.39, 0.29) is 11.5 Å². The van der Waals surface area contributed by atoms with Crippen molar-refractivity contribution < 1.29 is 4.79 Å². The molecule has 30 heavy (non-hydrogen) atoms. The first kappa shape index (κ1) is 18.6. The summed E-state index contributed by atoms with van der Waals surface area (Å²) in [6.07, 6.45) is 4.23. The number of benzene rings is 2. The lowest BCUT2D eigenvalue weighted by atomic mass is 9.81. The molecule has 0 atom stereocenters. The molecule has 2 heterocycles. The Hall–Kier alpha value is -3.41. The van der Waals surface area contributed by atoms with E-state index < -0.39 is 0 Å². The molecule has 0 aliphatic heterocycles. The zero-order valence-electron chi connectivity index (χ0n) is 16.7. The Labute approximate surface area is 173 Å². The van der Waals surface area contributed by atoms with E-state index in [1.165, 1.54) is 6.07 Å². The highest BCUT2D eigenvalue weighted by Crippen LogP contribution is 2.35. The minimum absolute atomic E-state index is 0.184. The Kier molecular flexibility index (Phi) is 4.83. The number of fused-ring (bicyclic) bond motifs is 2. The number of nitrogens with one attached hydrogen (secondary N) is 3. The van der Waals surface area contributed by atoms with Gasteiger partial charge in [0.1, 0.15) is 5.82 Å². The number of hydrogen-bond donors (Lipinski definition) is 3. The highest BCUT2D eigenvalue weighted by Gasteiger charge is 2.25. The van der Waals surface area contributed by atoms with Crippen LogP contribution in [-0.2, 0) is 0 Å². The van der Waals surface area contributed by atoms with Gasteiger partial charge in [-0.3, -0.25) is 9.59 Å². The molecule has 6 heteroatoms. The number of carbonyl (C=O) groups is 1. The average Bonchev–Trinajstić information content (AvgIpc) is 3.21. The predicted octanol–water partition coefficient (Wildman–Crippen LogP) is 4.11. The third-order valence-corrected chi connectivity index (χ3v) is 6.19. The maximum atomic E-state index is 12.8. The Bertz CT molecular complexity index is 1230. The number of imidazole rings is 1. The molecule has 6 nitrogen and oxygen atoms in total. The van der Waals surface area contributed by atoms with E-state index in [2.05, 4.69) is 21.4 Å². The lowest BCUT2D eigenvalue weighted by Gasteiger charge is -2.27. The number of aromatic amines is 2. The van der Waals surface area contributed by atoms with E-state index >= 15 is 0 Å². The van der Waals surface area contributed by atoms with Crippen LogP contribution in [0, 0.1) is 5.92 Å². The summed E-state index contributed by atoms with van der Waals surface area (Å²) in [5.41, 5.74) is 2.97. The maximum absolute atomic E-state index is 12.8. The molecule has 0 saturated heterocycles. The minimum Gasteiger partial charge on any atom is -0.352 e. The molecule has 0 bridgehead atoms. The number of carbonyl (C=O) groups excluding carboxylic acids is 1. The van der Waals surface area contributed by atoms with Crippen molar-refractivity contribution in [1.29, 1.82) is 0 Å². The molecule has 3 N–H and O–H groups in total. The maximum Gasteiger partial charge on any atom is 0.252 e. The van der Waals surface area contributed by atoms with Crippen LogP contribution >= 0.6 is 0 Å². The molecule has 1 aliphatic carbocycles. The van der Waals surface area contributed by atoms with Gasteiger partial charge in [0, 0.05) is 29.4 Å². The molecule has 152 valence electrons. The predicted molar refractivity (Wildman–Crippen MR) is 118 cm³/mol. The normalized spacial score (nSPS) is 19.2. The summed E-state index contributed by atoms with van der Waals surface area (Å²) in [4.78, 5) is 35.7. The van der Waals surface area contributed by atoms with Gasteiger partial charge in [0.25, 0.3) is 5.91 Å². The van der Waals surface area contributed by atoms with Crippen molar-refractivity contribution in [3.8, 4) is 0 Å². The molecule has 1 aliphatic rings. The number of H-pyrrole nitrogens is 2. The molecule has 4 aromatic rings. The largest absolute Gasteiger partial charge is 0.352 e.